The molecule has 2 atom stereocenters. The van der Waals surface area contributed by atoms with E-state index in [1.165, 1.54) is 0 Å². The lowest BCUT2D eigenvalue weighted by molar-refractivity contribution is 0.164. The SMILES string of the molecule is COCCN1C(=S)NC(c2ccccn2)C1c1cc(C)n(-c2cccc(Cl)c2Cl)c1C. The molecule has 2 unspecified atom stereocenters. The van der Waals surface area contributed by atoms with E-state index in [0.29, 0.717) is 28.3 Å². The number of nitrogens with zero attached hydrogens (tertiary/aromatic N) is 3. The van der Waals surface area contributed by atoms with E-state index in [1.807, 2.05) is 36.5 Å². The van der Waals surface area contributed by atoms with Gasteiger partial charge >= 0.3 is 0 Å². The summed E-state index contributed by atoms with van der Waals surface area (Å²) in [6.07, 6.45) is 1.81. The Bertz CT molecular complexity index is 1100. The van der Waals surface area contributed by atoms with Gasteiger partial charge < -0.3 is 19.5 Å². The van der Waals surface area contributed by atoms with E-state index in [0.717, 1.165) is 28.3 Å². The minimum Gasteiger partial charge on any atom is -0.383 e. The van der Waals surface area contributed by atoms with Crippen LogP contribution in [0.15, 0.2) is 48.7 Å². The zero-order valence-corrected chi connectivity index (χ0v) is 19.9. The number of methoxy groups -OCH3 is 1. The molecule has 0 bridgehead atoms. The molecular formula is C23H24Cl2N4OS. The fraction of sp³-hybridized carbons (Fsp3) is 0.304. The first kappa shape index (κ1) is 22.1. The van der Waals surface area contributed by atoms with Crippen LogP contribution in [0.4, 0.5) is 0 Å². The first-order chi connectivity index (χ1) is 14.9. The minimum atomic E-state index is -0.0747. The van der Waals surface area contributed by atoms with Crippen molar-refractivity contribution in [2.45, 2.75) is 25.9 Å². The Morgan fingerprint density at radius 3 is 2.68 bits per heavy atom. The number of ether oxygens (including phenoxy) is 1. The second kappa shape index (κ2) is 9.17. The smallest absolute Gasteiger partial charge is 0.170 e. The molecule has 0 amide bonds. The van der Waals surface area contributed by atoms with Crippen molar-refractivity contribution >= 4 is 40.5 Å². The van der Waals surface area contributed by atoms with Crippen molar-refractivity contribution in [3.8, 4) is 5.69 Å². The molecule has 5 nitrogen and oxygen atoms in total. The van der Waals surface area contributed by atoms with Gasteiger partial charge in [0.1, 0.15) is 0 Å². The summed E-state index contributed by atoms with van der Waals surface area (Å²) in [7, 11) is 1.70. The van der Waals surface area contributed by atoms with Crippen LogP contribution < -0.4 is 5.32 Å². The quantitative estimate of drug-likeness (QED) is 0.483. The zero-order chi connectivity index (χ0) is 22.1. The number of aryl methyl sites for hydroxylation is 1. The third-order valence-electron chi connectivity index (χ3n) is 5.70. The molecule has 31 heavy (non-hydrogen) atoms. The zero-order valence-electron chi connectivity index (χ0n) is 17.6. The van der Waals surface area contributed by atoms with Gasteiger partial charge in [0.05, 0.1) is 40.1 Å². The van der Waals surface area contributed by atoms with Crippen LogP contribution in [-0.4, -0.2) is 39.8 Å². The van der Waals surface area contributed by atoms with Crippen LogP contribution in [-0.2, 0) is 4.74 Å². The summed E-state index contributed by atoms with van der Waals surface area (Å²) < 4.78 is 7.50. The molecular weight excluding hydrogens is 451 g/mol. The average molecular weight is 475 g/mol. The third kappa shape index (κ3) is 4.05. The van der Waals surface area contributed by atoms with Gasteiger partial charge in [0, 0.05) is 31.2 Å². The van der Waals surface area contributed by atoms with Crippen molar-refractivity contribution < 1.29 is 4.74 Å². The molecule has 162 valence electrons. The minimum absolute atomic E-state index is 0.0320. The number of nitrogens with one attached hydrogen (secondary N) is 1. The van der Waals surface area contributed by atoms with Crippen LogP contribution in [0.3, 0.4) is 0 Å². The standard InChI is InChI=1S/C23H24Cl2N4OS/c1-14-13-16(15(2)29(14)19-9-6-7-17(24)20(19)25)22-21(18-8-4-5-10-26-18)27-23(31)28(22)11-12-30-3/h4-10,13,21-22H,11-12H2,1-3H3,(H,27,31). The fourth-order valence-corrected chi connectivity index (χ4v) is 5.01. The highest BCUT2D eigenvalue weighted by Crippen LogP contribution is 2.42. The number of rotatable bonds is 6. The molecule has 4 rings (SSSR count). The summed E-state index contributed by atoms with van der Waals surface area (Å²) >= 11 is 18.6. The number of halogens is 2. The van der Waals surface area contributed by atoms with E-state index in [2.05, 4.69) is 39.7 Å². The molecule has 1 N–H and O–H groups in total. The Morgan fingerprint density at radius 2 is 1.97 bits per heavy atom. The van der Waals surface area contributed by atoms with Crippen molar-refractivity contribution in [1.82, 2.24) is 19.8 Å². The summed E-state index contributed by atoms with van der Waals surface area (Å²) in [4.78, 5) is 6.79. The van der Waals surface area contributed by atoms with Crippen LogP contribution in [0.1, 0.15) is 34.7 Å². The third-order valence-corrected chi connectivity index (χ3v) is 6.86. The monoisotopic (exact) mass is 474 g/mol. The second-order valence-corrected chi connectivity index (χ2v) is 8.72. The summed E-state index contributed by atoms with van der Waals surface area (Å²) in [5.41, 5.74) is 5.12. The van der Waals surface area contributed by atoms with Crippen molar-refractivity contribution in [2.75, 3.05) is 20.3 Å². The molecule has 3 aromatic rings. The Morgan fingerprint density at radius 1 is 1.16 bits per heavy atom. The number of benzene rings is 1. The maximum atomic E-state index is 6.56. The number of thiocarbonyl (C=S) groups is 1. The maximum absolute atomic E-state index is 6.56. The average Bonchev–Trinajstić information content (AvgIpc) is 3.24. The molecule has 0 spiro atoms. The number of aromatic nitrogens is 2. The Balaban J connectivity index is 1.84. The van der Waals surface area contributed by atoms with E-state index in [4.69, 9.17) is 40.2 Å². The van der Waals surface area contributed by atoms with Gasteiger partial charge in [0.15, 0.2) is 5.11 Å². The molecule has 2 aromatic heterocycles. The first-order valence-electron chi connectivity index (χ1n) is 10.0. The summed E-state index contributed by atoms with van der Waals surface area (Å²) in [5.74, 6) is 0. The summed E-state index contributed by atoms with van der Waals surface area (Å²) in [6.45, 7) is 5.43. The molecule has 3 heterocycles. The summed E-state index contributed by atoms with van der Waals surface area (Å²) in [5, 5.41) is 5.24. The molecule has 8 heteroatoms. The van der Waals surface area contributed by atoms with Crippen molar-refractivity contribution in [3.05, 3.63) is 81.4 Å². The normalized spacial score (nSPS) is 18.5. The van der Waals surface area contributed by atoms with Gasteiger partial charge in [0.2, 0.25) is 0 Å². The maximum Gasteiger partial charge on any atom is 0.170 e. The Labute approximate surface area is 197 Å². The van der Waals surface area contributed by atoms with Gasteiger partial charge in [-0.25, -0.2) is 0 Å². The molecule has 0 radical (unpaired) electrons. The van der Waals surface area contributed by atoms with E-state index in [9.17, 15) is 0 Å². The highest BCUT2D eigenvalue weighted by Gasteiger charge is 2.41. The topological polar surface area (TPSA) is 42.3 Å². The lowest BCUT2D eigenvalue weighted by atomic mass is 9.97. The Kier molecular flexibility index (Phi) is 6.53. The van der Waals surface area contributed by atoms with Crippen LogP contribution >= 0.6 is 35.4 Å². The lowest BCUT2D eigenvalue weighted by Crippen LogP contribution is -2.32. The van der Waals surface area contributed by atoms with Crippen molar-refractivity contribution in [3.63, 3.8) is 0 Å². The van der Waals surface area contributed by atoms with Crippen molar-refractivity contribution in [2.24, 2.45) is 0 Å². The highest BCUT2D eigenvalue weighted by atomic mass is 35.5. The van der Waals surface area contributed by atoms with Gasteiger partial charge in [-0.1, -0.05) is 35.3 Å². The van der Waals surface area contributed by atoms with Gasteiger partial charge in [-0.05, 0) is 62.0 Å². The van der Waals surface area contributed by atoms with Gasteiger partial charge in [-0.2, -0.15) is 0 Å². The fourth-order valence-electron chi connectivity index (χ4n) is 4.30. The first-order valence-corrected chi connectivity index (χ1v) is 11.2. The number of pyridine rings is 1. The van der Waals surface area contributed by atoms with E-state index < -0.39 is 0 Å². The lowest BCUT2D eigenvalue weighted by Gasteiger charge is -2.28. The number of hydrogen-bond acceptors (Lipinski definition) is 3. The molecule has 1 fully saturated rings. The molecule has 1 aliphatic rings. The second-order valence-electron chi connectivity index (χ2n) is 7.55. The van der Waals surface area contributed by atoms with Crippen LogP contribution in [0.25, 0.3) is 5.69 Å². The molecule has 1 saturated heterocycles. The molecule has 1 aliphatic heterocycles. The summed E-state index contributed by atoms with van der Waals surface area (Å²) in [6, 6.07) is 13.7. The highest BCUT2D eigenvalue weighted by molar-refractivity contribution is 7.80. The van der Waals surface area contributed by atoms with Crippen LogP contribution in [0.2, 0.25) is 10.0 Å². The van der Waals surface area contributed by atoms with E-state index in [-0.39, 0.29) is 12.1 Å². The molecule has 0 aliphatic carbocycles. The predicted molar refractivity (Wildman–Crippen MR) is 129 cm³/mol. The molecule has 0 saturated carbocycles. The molecule has 1 aromatic carbocycles. The van der Waals surface area contributed by atoms with Crippen LogP contribution in [0, 0.1) is 13.8 Å². The number of hydrogen-bond donors (Lipinski definition) is 1. The van der Waals surface area contributed by atoms with E-state index >= 15 is 0 Å². The van der Waals surface area contributed by atoms with Crippen molar-refractivity contribution in [1.29, 1.82) is 0 Å². The van der Waals surface area contributed by atoms with E-state index in [1.54, 1.807) is 13.2 Å². The largest absolute Gasteiger partial charge is 0.383 e. The van der Waals surface area contributed by atoms with Gasteiger partial charge in [0.25, 0.3) is 0 Å². The Hall–Kier alpha value is -2.12. The van der Waals surface area contributed by atoms with Gasteiger partial charge in [-0.15, -0.1) is 0 Å². The van der Waals surface area contributed by atoms with Crippen LogP contribution in [0.5, 0.6) is 0 Å². The van der Waals surface area contributed by atoms with Gasteiger partial charge in [-0.3, -0.25) is 4.98 Å². The predicted octanol–water partition coefficient (Wildman–Crippen LogP) is 5.41.